The molecular weight excluding hydrogens is 270 g/mol. The van der Waals surface area contributed by atoms with Crippen LogP contribution in [0.15, 0.2) is 49.0 Å². The fourth-order valence-electron chi connectivity index (χ4n) is 1.76. The predicted molar refractivity (Wildman–Crippen MR) is 79.6 cm³/mol. The first-order valence-electron chi connectivity index (χ1n) is 6.11. The molecule has 0 aliphatic heterocycles. The third-order valence-corrected chi connectivity index (χ3v) is 2.89. The van der Waals surface area contributed by atoms with Crippen LogP contribution in [-0.4, -0.2) is 22.1 Å². The van der Waals surface area contributed by atoms with Gasteiger partial charge in [-0.2, -0.15) is 0 Å². The van der Waals surface area contributed by atoms with E-state index in [1.54, 1.807) is 30.3 Å². The smallest absolute Gasteiger partial charge is 0.339 e. The van der Waals surface area contributed by atoms with Crippen LogP contribution in [-0.2, 0) is 0 Å². The molecule has 0 atom stereocenters. The van der Waals surface area contributed by atoms with E-state index in [1.807, 2.05) is 0 Å². The fourth-order valence-corrected chi connectivity index (χ4v) is 1.76. The minimum Gasteiger partial charge on any atom is -0.507 e. The molecule has 0 saturated heterocycles. The molecule has 1 amide bonds. The van der Waals surface area contributed by atoms with E-state index in [0.29, 0.717) is 11.3 Å². The number of carboxylic acids is 1. The number of aromatic hydroxyl groups is 1. The molecule has 21 heavy (non-hydrogen) atoms. The maximum absolute atomic E-state index is 12.0. The van der Waals surface area contributed by atoms with Crippen molar-refractivity contribution in [2.45, 2.75) is 0 Å². The second-order valence-corrected chi connectivity index (χ2v) is 4.32. The van der Waals surface area contributed by atoms with Gasteiger partial charge in [0.15, 0.2) is 0 Å². The molecule has 0 aromatic heterocycles. The zero-order chi connectivity index (χ0) is 15.4. The molecule has 5 heteroatoms. The lowest BCUT2D eigenvalue weighted by Gasteiger charge is -2.07. The van der Waals surface area contributed by atoms with Crippen LogP contribution in [0.2, 0.25) is 0 Å². The van der Waals surface area contributed by atoms with Crippen LogP contribution in [0.4, 0.5) is 5.69 Å². The van der Waals surface area contributed by atoms with Crippen LogP contribution in [0.3, 0.4) is 0 Å². The molecule has 0 unspecified atom stereocenters. The van der Waals surface area contributed by atoms with Gasteiger partial charge in [-0.15, -0.1) is 0 Å². The van der Waals surface area contributed by atoms with E-state index in [1.165, 1.54) is 18.2 Å². The average molecular weight is 283 g/mol. The minimum absolute atomic E-state index is 0.269. The molecule has 106 valence electrons. The topological polar surface area (TPSA) is 86.6 Å². The third kappa shape index (κ3) is 3.27. The van der Waals surface area contributed by atoms with Crippen LogP contribution < -0.4 is 5.32 Å². The Hall–Kier alpha value is -3.08. The highest BCUT2D eigenvalue weighted by Gasteiger charge is 2.12. The van der Waals surface area contributed by atoms with Crippen LogP contribution in [0.25, 0.3) is 6.08 Å². The summed E-state index contributed by atoms with van der Waals surface area (Å²) in [6, 6.07) is 10.6. The lowest BCUT2D eigenvalue weighted by Crippen LogP contribution is -2.12. The van der Waals surface area contributed by atoms with Crippen molar-refractivity contribution in [1.29, 1.82) is 0 Å². The SMILES string of the molecule is C=Cc1ccc(C(=O)Nc2ccc(O)c(C(=O)O)c2)cc1. The third-order valence-electron chi connectivity index (χ3n) is 2.89. The molecule has 0 spiro atoms. The summed E-state index contributed by atoms with van der Waals surface area (Å²) in [5, 5.41) is 20.9. The monoisotopic (exact) mass is 283 g/mol. The van der Waals surface area contributed by atoms with Gasteiger partial charge in [0.05, 0.1) is 0 Å². The van der Waals surface area contributed by atoms with Gasteiger partial charge >= 0.3 is 5.97 Å². The van der Waals surface area contributed by atoms with Gasteiger partial charge in [0, 0.05) is 11.3 Å². The minimum atomic E-state index is -1.26. The van der Waals surface area contributed by atoms with E-state index in [9.17, 15) is 14.7 Å². The Bertz CT molecular complexity index is 705. The van der Waals surface area contributed by atoms with Crippen molar-refractivity contribution in [3.63, 3.8) is 0 Å². The number of carbonyl (C=O) groups is 2. The highest BCUT2D eigenvalue weighted by atomic mass is 16.4. The van der Waals surface area contributed by atoms with Crippen molar-refractivity contribution >= 4 is 23.6 Å². The molecule has 0 bridgehead atoms. The molecule has 2 aromatic rings. The maximum atomic E-state index is 12.0. The molecule has 2 rings (SSSR count). The summed E-state index contributed by atoms with van der Waals surface area (Å²) in [5.41, 5.74) is 1.35. The van der Waals surface area contributed by atoms with Crippen LogP contribution in [0, 0.1) is 0 Å². The van der Waals surface area contributed by atoms with Crippen molar-refractivity contribution in [2.75, 3.05) is 5.32 Å². The lowest BCUT2D eigenvalue weighted by molar-refractivity contribution is 0.0693. The first-order valence-corrected chi connectivity index (χ1v) is 6.11. The molecule has 5 nitrogen and oxygen atoms in total. The standard InChI is InChI=1S/C16H13NO4/c1-2-10-3-5-11(6-4-10)15(19)17-12-7-8-14(18)13(9-12)16(20)21/h2-9,18H,1H2,(H,17,19)(H,20,21). The molecule has 2 aromatic carbocycles. The average Bonchev–Trinajstić information content (AvgIpc) is 2.49. The summed E-state index contributed by atoms with van der Waals surface area (Å²) < 4.78 is 0. The first kappa shape index (κ1) is 14.3. The summed E-state index contributed by atoms with van der Waals surface area (Å²) in [6.07, 6.45) is 1.67. The van der Waals surface area contributed by atoms with Crippen LogP contribution in [0.1, 0.15) is 26.3 Å². The molecule has 0 aliphatic carbocycles. The Morgan fingerprint density at radius 2 is 1.76 bits per heavy atom. The summed E-state index contributed by atoms with van der Waals surface area (Å²) in [7, 11) is 0. The van der Waals surface area contributed by atoms with E-state index in [0.717, 1.165) is 5.56 Å². The summed E-state index contributed by atoms with van der Waals surface area (Å²) in [5.74, 6) is -1.98. The molecule has 0 radical (unpaired) electrons. The number of carbonyl (C=O) groups excluding carboxylic acids is 1. The molecule has 0 fully saturated rings. The summed E-state index contributed by atoms with van der Waals surface area (Å²) in [4.78, 5) is 23.0. The van der Waals surface area contributed by atoms with E-state index < -0.39 is 5.97 Å². The Morgan fingerprint density at radius 1 is 1.10 bits per heavy atom. The van der Waals surface area contributed by atoms with Gasteiger partial charge in [0.2, 0.25) is 0 Å². The molecule has 3 N–H and O–H groups in total. The summed E-state index contributed by atoms with van der Waals surface area (Å²) >= 11 is 0. The van der Waals surface area contributed by atoms with Crippen molar-refractivity contribution in [3.05, 3.63) is 65.7 Å². The number of phenols is 1. The Balaban J connectivity index is 2.20. The quantitative estimate of drug-likeness (QED) is 0.753. The van der Waals surface area contributed by atoms with Crippen molar-refractivity contribution < 1.29 is 19.8 Å². The molecular formula is C16H13NO4. The number of nitrogens with one attached hydrogen (secondary N) is 1. The number of carboxylic acid groups (broad SMARTS) is 1. The maximum Gasteiger partial charge on any atom is 0.339 e. The number of benzene rings is 2. The van der Waals surface area contributed by atoms with Gasteiger partial charge in [-0.3, -0.25) is 4.79 Å². The Labute approximate surface area is 121 Å². The predicted octanol–water partition coefficient (Wildman–Crippen LogP) is 2.99. The lowest BCUT2D eigenvalue weighted by atomic mass is 10.1. The first-order chi connectivity index (χ1) is 10.0. The van der Waals surface area contributed by atoms with Gasteiger partial charge in [0.25, 0.3) is 5.91 Å². The number of hydrogen-bond acceptors (Lipinski definition) is 3. The van der Waals surface area contributed by atoms with Gasteiger partial charge in [-0.1, -0.05) is 24.8 Å². The van der Waals surface area contributed by atoms with Crippen LogP contribution >= 0.6 is 0 Å². The number of amides is 1. The van der Waals surface area contributed by atoms with Crippen LogP contribution in [0.5, 0.6) is 5.75 Å². The number of hydrogen-bond donors (Lipinski definition) is 3. The van der Waals surface area contributed by atoms with E-state index in [2.05, 4.69) is 11.9 Å². The Morgan fingerprint density at radius 3 is 2.33 bits per heavy atom. The van der Waals surface area contributed by atoms with E-state index in [-0.39, 0.29) is 17.2 Å². The van der Waals surface area contributed by atoms with E-state index >= 15 is 0 Å². The van der Waals surface area contributed by atoms with Gasteiger partial charge in [-0.05, 0) is 35.9 Å². The number of anilines is 1. The molecule has 0 heterocycles. The largest absolute Gasteiger partial charge is 0.507 e. The summed E-state index contributed by atoms with van der Waals surface area (Å²) in [6.45, 7) is 3.63. The fraction of sp³-hybridized carbons (Fsp3) is 0. The normalized spacial score (nSPS) is 9.90. The van der Waals surface area contributed by atoms with Gasteiger partial charge in [0.1, 0.15) is 11.3 Å². The zero-order valence-corrected chi connectivity index (χ0v) is 11.0. The molecule has 0 saturated carbocycles. The molecule has 0 aliphatic rings. The number of rotatable bonds is 4. The highest BCUT2D eigenvalue weighted by Crippen LogP contribution is 2.22. The van der Waals surface area contributed by atoms with Gasteiger partial charge < -0.3 is 15.5 Å². The van der Waals surface area contributed by atoms with E-state index in [4.69, 9.17) is 5.11 Å². The zero-order valence-electron chi connectivity index (χ0n) is 11.0. The Kier molecular flexibility index (Phi) is 4.04. The second-order valence-electron chi connectivity index (χ2n) is 4.32. The number of aromatic carboxylic acids is 1. The van der Waals surface area contributed by atoms with Gasteiger partial charge in [-0.25, -0.2) is 4.79 Å². The van der Waals surface area contributed by atoms with Crippen molar-refractivity contribution in [1.82, 2.24) is 0 Å². The highest BCUT2D eigenvalue weighted by molar-refractivity contribution is 6.05. The van der Waals surface area contributed by atoms with Crippen molar-refractivity contribution in [3.8, 4) is 5.75 Å². The van der Waals surface area contributed by atoms with Crippen molar-refractivity contribution in [2.24, 2.45) is 0 Å². The second kappa shape index (κ2) is 5.92.